The molecule has 1 rings (SSSR count). The van der Waals surface area contributed by atoms with Gasteiger partial charge in [-0.15, -0.1) is 0 Å². The monoisotopic (exact) mass is 189 g/mol. The zero-order valence-corrected chi connectivity index (χ0v) is 7.91. The normalized spacial score (nSPS) is 8.64. The van der Waals surface area contributed by atoms with Crippen LogP contribution in [0.2, 0.25) is 0 Å². The molecule has 0 heterocycles. The van der Waals surface area contributed by atoms with Gasteiger partial charge in [-0.05, 0) is 12.1 Å². The van der Waals surface area contributed by atoms with Gasteiger partial charge in [0.25, 0.3) is 0 Å². The highest BCUT2D eigenvalue weighted by Crippen LogP contribution is 2.18. The molecule has 0 aromatic heterocycles. The molecular weight excluding hydrogens is 178 g/mol. The van der Waals surface area contributed by atoms with Crippen LogP contribution in [-0.4, -0.2) is 13.4 Å². The molecule has 1 aromatic rings. The van der Waals surface area contributed by atoms with Crippen molar-refractivity contribution in [2.24, 2.45) is 0 Å². The van der Waals surface area contributed by atoms with Gasteiger partial charge in [0.15, 0.2) is 0 Å². The van der Waals surface area contributed by atoms with Crippen LogP contribution in [0.15, 0.2) is 18.2 Å². The number of nitrogen functional groups attached to an aromatic ring is 1. The third-order valence-electron chi connectivity index (χ3n) is 1.67. The molecular formula is C11H11NO2. The molecule has 0 saturated heterocycles. The van der Waals surface area contributed by atoms with Crippen molar-refractivity contribution in [3.05, 3.63) is 23.8 Å². The summed E-state index contributed by atoms with van der Waals surface area (Å²) in [6.45, 7) is 0. The minimum atomic E-state index is 0.228. The number of ether oxygens (including phenoxy) is 1. The molecule has 0 atom stereocenters. The number of methoxy groups -OCH3 is 1. The van der Waals surface area contributed by atoms with Crippen LogP contribution in [0.4, 0.5) is 5.69 Å². The van der Waals surface area contributed by atoms with Gasteiger partial charge < -0.3 is 15.3 Å². The average Bonchev–Trinajstić information content (AvgIpc) is 2.20. The molecule has 0 unspecified atom stereocenters. The summed E-state index contributed by atoms with van der Waals surface area (Å²) < 4.78 is 4.99. The van der Waals surface area contributed by atoms with E-state index in [-0.39, 0.29) is 6.42 Å². The van der Waals surface area contributed by atoms with Crippen molar-refractivity contribution in [1.82, 2.24) is 0 Å². The maximum Gasteiger partial charge on any atom is 0.131 e. The first kappa shape index (κ1) is 10.1. The third kappa shape index (κ3) is 2.53. The Morgan fingerprint density at radius 3 is 2.93 bits per heavy atom. The molecule has 0 radical (unpaired) electrons. The fourth-order valence-corrected chi connectivity index (χ4v) is 0.970. The minimum Gasteiger partial charge on any atom is -0.497 e. The number of hydrogen-bond acceptors (Lipinski definition) is 3. The highest BCUT2D eigenvalue weighted by atomic mass is 16.5. The smallest absolute Gasteiger partial charge is 0.131 e. The molecule has 0 bridgehead atoms. The van der Waals surface area contributed by atoms with Crippen LogP contribution >= 0.6 is 0 Å². The molecule has 1 aromatic carbocycles. The topological polar surface area (TPSA) is 52.3 Å². The number of aldehydes is 1. The predicted molar refractivity (Wildman–Crippen MR) is 55.0 cm³/mol. The second-order valence-corrected chi connectivity index (χ2v) is 2.63. The van der Waals surface area contributed by atoms with Crippen LogP contribution in [0.1, 0.15) is 12.0 Å². The van der Waals surface area contributed by atoms with E-state index in [1.165, 1.54) is 0 Å². The summed E-state index contributed by atoms with van der Waals surface area (Å²) in [7, 11) is 1.58. The third-order valence-corrected chi connectivity index (χ3v) is 1.67. The lowest BCUT2D eigenvalue weighted by Gasteiger charge is -2.02. The molecule has 0 aliphatic rings. The highest BCUT2D eigenvalue weighted by Gasteiger charge is 1.97. The van der Waals surface area contributed by atoms with E-state index in [4.69, 9.17) is 10.5 Å². The van der Waals surface area contributed by atoms with Gasteiger partial charge in [-0.25, -0.2) is 0 Å². The second kappa shape index (κ2) is 4.93. The fraction of sp³-hybridized carbons (Fsp3) is 0.182. The van der Waals surface area contributed by atoms with Crippen LogP contribution in [-0.2, 0) is 4.79 Å². The van der Waals surface area contributed by atoms with Crippen molar-refractivity contribution in [3.63, 3.8) is 0 Å². The van der Waals surface area contributed by atoms with Crippen LogP contribution in [0.25, 0.3) is 0 Å². The quantitative estimate of drug-likeness (QED) is 0.432. The van der Waals surface area contributed by atoms with Gasteiger partial charge in [0, 0.05) is 11.6 Å². The minimum absolute atomic E-state index is 0.228. The van der Waals surface area contributed by atoms with E-state index in [0.717, 1.165) is 6.29 Å². The van der Waals surface area contributed by atoms with Crippen molar-refractivity contribution >= 4 is 12.0 Å². The number of carbonyl (C=O) groups is 1. The van der Waals surface area contributed by atoms with Gasteiger partial charge in [0.2, 0.25) is 0 Å². The van der Waals surface area contributed by atoms with Gasteiger partial charge in [0.1, 0.15) is 12.0 Å². The zero-order chi connectivity index (χ0) is 10.4. The first-order chi connectivity index (χ1) is 6.77. The number of carbonyl (C=O) groups excluding carboxylic acids is 1. The van der Waals surface area contributed by atoms with Crippen molar-refractivity contribution < 1.29 is 9.53 Å². The van der Waals surface area contributed by atoms with Gasteiger partial charge >= 0.3 is 0 Å². The van der Waals surface area contributed by atoms with Gasteiger partial charge in [-0.2, -0.15) is 0 Å². The Balaban J connectivity index is 2.90. The second-order valence-electron chi connectivity index (χ2n) is 2.63. The summed E-state index contributed by atoms with van der Waals surface area (Å²) in [4.78, 5) is 10.0. The number of anilines is 1. The van der Waals surface area contributed by atoms with Crippen molar-refractivity contribution in [2.45, 2.75) is 6.42 Å². The van der Waals surface area contributed by atoms with Crippen molar-refractivity contribution in [3.8, 4) is 17.6 Å². The zero-order valence-electron chi connectivity index (χ0n) is 7.91. The lowest BCUT2D eigenvalue weighted by molar-refractivity contribution is -0.107. The summed E-state index contributed by atoms with van der Waals surface area (Å²) in [6.07, 6.45) is 0.984. The average molecular weight is 189 g/mol. The number of benzene rings is 1. The van der Waals surface area contributed by atoms with Gasteiger partial charge in [-0.1, -0.05) is 11.8 Å². The molecule has 2 N–H and O–H groups in total. The lowest BCUT2D eigenvalue weighted by atomic mass is 10.2. The van der Waals surface area contributed by atoms with E-state index in [9.17, 15) is 4.79 Å². The highest BCUT2D eigenvalue weighted by molar-refractivity contribution is 5.61. The van der Waals surface area contributed by atoms with E-state index < -0.39 is 0 Å². The van der Waals surface area contributed by atoms with Crippen LogP contribution in [0.3, 0.4) is 0 Å². The van der Waals surface area contributed by atoms with Crippen molar-refractivity contribution in [2.75, 3.05) is 12.8 Å². The Morgan fingerprint density at radius 1 is 1.57 bits per heavy atom. The SMILES string of the molecule is COc1ccc(C#CCC=O)c(N)c1. The van der Waals surface area contributed by atoms with Gasteiger partial charge in [0.05, 0.1) is 19.2 Å². The molecule has 0 saturated carbocycles. The van der Waals surface area contributed by atoms with Crippen LogP contribution in [0.5, 0.6) is 5.75 Å². The summed E-state index contributed by atoms with van der Waals surface area (Å²) in [6, 6.07) is 5.25. The largest absolute Gasteiger partial charge is 0.497 e. The van der Waals surface area contributed by atoms with Crippen LogP contribution < -0.4 is 10.5 Å². The number of rotatable bonds is 2. The Morgan fingerprint density at radius 2 is 2.36 bits per heavy atom. The van der Waals surface area contributed by atoms with Gasteiger partial charge in [-0.3, -0.25) is 0 Å². The fourth-order valence-electron chi connectivity index (χ4n) is 0.970. The summed E-state index contributed by atoms with van der Waals surface area (Å²) in [5, 5.41) is 0. The predicted octanol–water partition coefficient (Wildman–Crippen LogP) is 1.22. The first-order valence-corrected chi connectivity index (χ1v) is 4.14. The van der Waals surface area contributed by atoms with E-state index >= 15 is 0 Å². The van der Waals surface area contributed by atoms with E-state index in [0.29, 0.717) is 17.0 Å². The first-order valence-electron chi connectivity index (χ1n) is 4.14. The van der Waals surface area contributed by atoms with Crippen LogP contribution in [0, 0.1) is 11.8 Å². The molecule has 3 nitrogen and oxygen atoms in total. The standard InChI is InChI=1S/C11H11NO2/c1-14-10-6-5-9(11(12)8-10)4-2-3-7-13/h5-8H,3,12H2,1H3. The molecule has 0 aliphatic heterocycles. The molecule has 0 amide bonds. The Hall–Kier alpha value is -1.95. The molecule has 0 fully saturated rings. The Bertz CT molecular complexity index is 388. The summed E-state index contributed by atoms with van der Waals surface area (Å²) >= 11 is 0. The summed E-state index contributed by atoms with van der Waals surface area (Å²) in [5.41, 5.74) is 6.98. The van der Waals surface area contributed by atoms with E-state index in [2.05, 4.69) is 11.8 Å². The Labute approximate surface area is 82.9 Å². The molecule has 0 aliphatic carbocycles. The lowest BCUT2D eigenvalue weighted by Crippen LogP contribution is -1.91. The maximum absolute atomic E-state index is 10.0. The van der Waals surface area contributed by atoms with E-state index in [1.54, 1.807) is 25.3 Å². The number of nitrogens with two attached hydrogens (primary N) is 1. The van der Waals surface area contributed by atoms with E-state index in [1.807, 2.05) is 0 Å². The molecule has 0 spiro atoms. The maximum atomic E-state index is 10.0. The summed E-state index contributed by atoms with van der Waals surface area (Å²) in [5.74, 6) is 6.19. The molecule has 3 heteroatoms. The molecule has 14 heavy (non-hydrogen) atoms. The number of hydrogen-bond donors (Lipinski definition) is 1. The van der Waals surface area contributed by atoms with Crippen molar-refractivity contribution in [1.29, 1.82) is 0 Å². The Kier molecular flexibility index (Phi) is 3.57. The molecule has 72 valence electrons.